The topological polar surface area (TPSA) is 66.9 Å². The first-order valence-electron chi connectivity index (χ1n) is 5.56. The second-order valence-corrected chi connectivity index (χ2v) is 3.83. The molecular weight excluding hydrogens is 228 g/mol. The first kappa shape index (κ1) is 12.0. The minimum Gasteiger partial charge on any atom is -0.373 e. The first-order valence-corrected chi connectivity index (χ1v) is 5.56. The summed E-state index contributed by atoms with van der Waals surface area (Å²) in [6, 6.07) is 5.25. The van der Waals surface area contributed by atoms with Crippen molar-refractivity contribution in [2.45, 2.75) is 6.92 Å². The summed E-state index contributed by atoms with van der Waals surface area (Å²) in [6.07, 6.45) is 4.89. The second-order valence-electron chi connectivity index (χ2n) is 3.83. The van der Waals surface area contributed by atoms with Gasteiger partial charge in [0, 0.05) is 31.3 Å². The summed E-state index contributed by atoms with van der Waals surface area (Å²) >= 11 is 0. The van der Waals surface area contributed by atoms with Crippen LogP contribution in [0, 0.1) is 6.92 Å². The van der Waals surface area contributed by atoms with Gasteiger partial charge in [-0.2, -0.15) is 0 Å². The zero-order valence-corrected chi connectivity index (χ0v) is 10.3. The quantitative estimate of drug-likeness (QED) is 0.864. The van der Waals surface area contributed by atoms with Gasteiger partial charge < -0.3 is 10.6 Å². The number of pyridine rings is 2. The summed E-state index contributed by atoms with van der Waals surface area (Å²) in [6.45, 7) is 1.89. The maximum absolute atomic E-state index is 12.0. The van der Waals surface area contributed by atoms with Crippen molar-refractivity contribution in [3.63, 3.8) is 0 Å². The van der Waals surface area contributed by atoms with E-state index in [0.29, 0.717) is 5.56 Å². The van der Waals surface area contributed by atoms with Crippen LogP contribution in [-0.2, 0) is 0 Å². The van der Waals surface area contributed by atoms with Crippen LogP contribution in [0.2, 0.25) is 0 Å². The van der Waals surface area contributed by atoms with Gasteiger partial charge in [0.1, 0.15) is 5.82 Å². The van der Waals surface area contributed by atoms with Crippen molar-refractivity contribution in [3.05, 3.63) is 47.9 Å². The Morgan fingerprint density at radius 1 is 1.22 bits per heavy atom. The Balaban J connectivity index is 2.14. The van der Waals surface area contributed by atoms with Crippen molar-refractivity contribution < 1.29 is 4.79 Å². The van der Waals surface area contributed by atoms with Crippen molar-refractivity contribution in [1.82, 2.24) is 9.97 Å². The van der Waals surface area contributed by atoms with Crippen molar-refractivity contribution in [2.75, 3.05) is 17.7 Å². The standard InChI is InChI=1S/C13H14N4O/c1-9-7-15-6-5-11(9)17-13(18)10-3-4-12(14-2)16-8-10/h3-8H,1-2H3,(H,14,16)(H,15,17,18). The number of aromatic nitrogens is 2. The van der Waals surface area contributed by atoms with Gasteiger partial charge in [-0.1, -0.05) is 0 Å². The highest BCUT2D eigenvalue weighted by molar-refractivity contribution is 6.04. The molecule has 0 unspecified atom stereocenters. The Labute approximate surface area is 105 Å². The molecule has 2 aromatic heterocycles. The van der Waals surface area contributed by atoms with Gasteiger partial charge in [0.2, 0.25) is 0 Å². The number of carbonyl (C=O) groups excluding carboxylic acids is 1. The van der Waals surface area contributed by atoms with E-state index in [1.165, 1.54) is 6.20 Å². The van der Waals surface area contributed by atoms with Gasteiger partial charge in [0.05, 0.1) is 5.56 Å². The summed E-state index contributed by atoms with van der Waals surface area (Å²) in [7, 11) is 1.78. The predicted octanol–water partition coefficient (Wildman–Crippen LogP) is 2.08. The molecule has 5 nitrogen and oxygen atoms in total. The number of rotatable bonds is 3. The van der Waals surface area contributed by atoms with E-state index in [1.54, 1.807) is 37.6 Å². The van der Waals surface area contributed by atoms with E-state index >= 15 is 0 Å². The van der Waals surface area contributed by atoms with Crippen LogP contribution < -0.4 is 10.6 Å². The number of anilines is 2. The van der Waals surface area contributed by atoms with E-state index in [2.05, 4.69) is 20.6 Å². The number of carbonyl (C=O) groups is 1. The van der Waals surface area contributed by atoms with Crippen LogP contribution in [0.25, 0.3) is 0 Å². The highest BCUT2D eigenvalue weighted by Crippen LogP contribution is 2.13. The molecule has 2 rings (SSSR count). The Morgan fingerprint density at radius 3 is 2.67 bits per heavy atom. The molecule has 0 saturated heterocycles. The molecule has 2 aromatic rings. The van der Waals surface area contributed by atoms with E-state index < -0.39 is 0 Å². The first-order chi connectivity index (χ1) is 8.70. The third-order valence-electron chi connectivity index (χ3n) is 2.55. The summed E-state index contributed by atoms with van der Waals surface area (Å²) in [4.78, 5) is 20.0. The number of hydrogen-bond acceptors (Lipinski definition) is 4. The molecule has 0 aliphatic rings. The maximum Gasteiger partial charge on any atom is 0.257 e. The minimum absolute atomic E-state index is 0.181. The van der Waals surface area contributed by atoms with E-state index in [-0.39, 0.29) is 5.91 Å². The molecular formula is C13H14N4O. The summed E-state index contributed by atoms with van der Waals surface area (Å²) < 4.78 is 0. The van der Waals surface area contributed by atoms with Crippen molar-refractivity contribution in [2.24, 2.45) is 0 Å². The van der Waals surface area contributed by atoms with Gasteiger partial charge in [-0.05, 0) is 30.7 Å². The SMILES string of the molecule is CNc1ccc(C(=O)Nc2ccncc2C)cn1. The number of nitrogens with one attached hydrogen (secondary N) is 2. The van der Waals surface area contributed by atoms with Crippen molar-refractivity contribution >= 4 is 17.4 Å². The Kier molecular flexibility index (Phi) is 3.52. The molecule has 0 radical (unpaired) electrons. The summed E-state index contributed by atoms with van der Waals surface area (Å²) in [5, 5.41) is 5.73. The molecule has 5 heteroatoms. The fraction of sp³-hybridized carbons (Fsp3) is 0.154. The third-order valence-corrected chi connectivity index (χ3v) is 2.55. The predicted molar refractivity (Wildman–Crippen MR) is 70.7 cm³/mol. The smallest absolute Gasteiger partial charge is 0.257 e. The molecule has 2 N–H and O–H groups in total. The van der Waals surface area contributed by atoms with Gasteiger partial charge in [-0.15, -0.1) is 0 Å². The van der Waals surface area contributed by atoms with Crippen LogP contribution in [0.4, 0.5) is 11.5 Å². The van der Waals surface area contributed by atoms with Crippen LogP contribution in [0.3, 0.4) is 0 Å². The molecule has 0 fully saturated rings. The molecule has 0 spiro atoms. The van der Waals surface area contributed by atoms with Gasteiger partial charge in [-0.25, -0.2) is 4.98 Å². The maximum atomic E-state index is 12.0. The number of amides is 1. The van der Waals surface area contributed by atoms with Crippen LogP contribution in [0.5, 0.6) is 0 Å². The lowest BCUT2D eigenvalue weighted by atomic mass is 10.2. The van der Waals surface area contributed by atoms with Crippen LogP contribution >= 0.6 is 0 Å². The molecule has 0 bridgehead atoms. The summed E-state index contributed by atoms with van der Waals surface area (Å²) in [5.74, 6) is 0.547. The molecule has 18 heavy (non-hydrogen) atoms. The minimum atomic E-state index is -0.181. The Hall–Kier alpha value is -2.43. The van der Waals surface area contributed by atoms with E-state index in [4.69, 9.17) is 0 Å². The van der Waals surface area contributed by atoms with E-state index in [0.717, 1.165) is 17.1 Å². The molecule has 92 valence electrons. The van der Waals surface area contributed by atoms with Gasteiger partial charge in [-0.3, -0.25) is 9.78 Å². The lowest BCUT2D eigenvalue weighted by Crippen LogP contribution is -2.13. The Bertz CT molecular complexity index is 551. The van der Waals surface area contributed by atoms with Crippen LogP contribution in [0.1, 0.15) is 15.9 Å². The highest BCUT2D eigenvalue weighted by Gasteiger charge is 2.07. The average Bonchev–Trinajstić information content (AvgIpc) is 2.41. The molecule has 2 heterocycles. The lowest BCUT2D eigenvalue weighted by molar-refractivity contribution is 0.102. The number of hydrogen-bond donors (Lipinski definition) is 2. The van der Waals surface area contributed by atoms with Gasteiger partial charge in [0.25, 0.3) is 5.91 Å². The molecule has 0 atom stereocenters. The normalized spacial score (nSPS) is 9.89. The molecule has 1 amide bonds. The number of nitrogens with zero attached hydrogens (tertiary/aromatic N) is 2. The monoisotopic (exact) mass is 242 g/mol. The van der Waals surface area contributed by atoms with Gasteiger partial charge in [0.15, 0.2) is 0 Å². The lowest BCUT2D eigenvalue weighted by Gasteiger charge is -2.07. The van der Waals surface area contributed by atoms with E-state index in [9.17, 15) is 4.79 Å². The molecule has 0 aliphatic heterocycles. The Morgan fingerprint density at radius 2 is 2.06 bits per heavy atom. The molecule has 0 aromatic carbocycles. The zero-order chi connectivity index (χ0) is 13.0. The van der Waals surface area contributed by atoms with Gasteiger partial charge >= 0.3 is 0 Å². The van der Waals surface area contributed by atoms with Crippen molar-refractivity contribution in [3.8, 4) is 0 Å². The van der Waals surface area contributed by atoms with Crippen molar-refractivity contribution in [1.29, 1.82) is 0 Å². The zero-order valence-electron chi connectivity index (χ0n) is 10.3. The largest absolute Gasteiger partial charge is 0.373 e. The molecule has 0 aliphatic carbocycles. The van der Waals surface area contributed by atoms with Crippen LogP contribution in [0.15, 0.2) is 36.8 Å². The third kappa shape index (κ3) is 2.63. The second kappa shape index (κ2) is 5.27. The average molecular weight is 242 g/mol. The molecule has 0 saturated carbocycles. The van der Waals surface area contributed by atoms with E-state index in [1.807, 2.05) is 6.92 Å². The number of aryl methyl sites for hydroxylation is 1. The highest BCUT2D eigenvalue weighted by atomic mass is 16.1. The van der Waals surface area contributed by atoms with Crippen LogP contribution in [-0.4, -0.2) is 22.9 Å². The summed E-state index contributed by atoms with van der Waals surface area (Å²) in [5.41, 5.74) is 2.20. The fourth-order valence-electron chi connectivity index (χ4n) is 1.48. The fourth-order valence-corrected chi connectivity index (χ4v) is 1.48.